The quantitative estimate of drug-likeness (QED) is 0.711. The van der Waals surface area contributed by atoms with E-state index in [1.165, 1.54) is 12.1 Å². The van der Waals surface area contributed by atoms with Crippen LogP contribution in [0.15, 0.2) is 18.2 Å². The predicted molar refractivity (Wildman–Crippen MR) is 52.1 cm³/mol. The number of benzene rings is 1. The Labute approximate surface area is 86.4 Å². The first-order valence-corrected chi connectivity index (χ1v) is 4.41. The third-order valence-electron chi connectivity index (χ3n) is 2.01. The number of aryl methyl sites for hydroxylation is 1. The number of rotatable bonds is 3. The van der Waals surface area contributed by atoms with Crippen LogP contribution in [0, 0.1) is 12.7 Å². The summed E-state index contributed by atoms with van der Waals surface area (Å²) in [5.74, 6) is -0.534. The van der Waals surface area contributed by atoms with Crippen molar-refractivity contribution in [1.29, 1.82) is 0 Å². The molecule has 1 atom stereocenters. The van der Waals surface area contributed by atoms with Gasteiger partial charge in [-0.15, -0.1) is 0 Å². The van der Waals surface area contributed by atoms with Crippen LogP contribution in [0.1, 0.15) is 17.2 Å². The van der Waals surface area contributed by atoms with Crippen molar-refractivity contribution in [2.24, 2.45) is 0 Å². The number of aliphatic hydroxyl groups is 1. The molecule has 0 spiro atoms. The van der Waals surface area contributed by atoms with Gasteiger partial charge in [-0.05, 0) is 13.0 Å². The Hall–Kier alpha value is -1.62. The van der Waals surface area contributed by atoms with Crippen LogP contribution in [0.5, 0.6) is 0 Å². The van der Waals surface area contributed by atoms with Crippen LogP contribution in [0.2, 0.25) is 0 Å². The zero-order chi connectivity index (χ0) is 11.4. The second-order valence-corrected chi connectivity index (χ2v) is 3.21. The average Bonchev–Trinajstić information content (AvgIpc) is 2.18. The highest BCUT2D eigenvalue weighted by Gasteiger charge is 2.16. The Morgan fingerprint density at radius 1 is 1.60 bits per heavy atom. The van der Waals surface area contributed by atoms with Crippen molar-refractivity contribution in [2.75, 3.05) is 6.61 Å². The van der Waals surface area contributed by atoms with Gasteiger partial charge in [0.1, 0.15) is 5.82 Å². The highest BCUT2D eigenvalue weighted by molar-refractivity contribution is 5.65. The number of aliphatic hydroxyl groups excluding tert-OH is 1. The molecule has 0 radical (unpaired) electrons. The molecule has 0 fully saturated rings. The summed E-state index contributed by atoms with van der Waals surface area (Å²) in [7, 11) is 0. The van der Waals surface area contributed by atoms with Gasteiger partial charge < -0.3 is 15.5 Å². The van der Waals surface area contributed by atoms with Crippen LogP contribution in [0.4, 0.5) is 9.18 Å². The third-order valence-corrected chi connectivity index (χ3v) is 2.01. The second kappa shape index (κ2) is 4.75. The molecule has 1 rings (SSSR count). The van der Waals surface area contributed by atoms with E-state index in [2.05, 4.69) is 0 Å². The van der Waals surface area contributed by atoms with E-state index >= 15 is 0 Å². The van der Waals surface area contributed by atoms with Gasteiger partial charge in [0.2, 0.25) is 0 Å². The van der Waals surface area contributed by atoms with Crippen LogP contribution in [0.25, 0.3) is 0 Å². The van der Waals surface area contributed by atoms with Gasteiger partial charge in [-0.2, -0.15) is 0 Å². The summed E-state index contributed by atoms with van der Waals surface area (Å²) in [5, 5.41) is 19.5. The van der Waals surface area contributed by atoms with Gasteiger partial charge in [0.05, 0.1) is 12.6 Å². The lowest BCUT2D eigenvalue weighted by atomic mass is 10.0. The van der Waals surface area contributed by atoms with Crippen molar-refractivity contribution in [3.05, 3.63) is 35.1 Å². The van der Waals surface area contributed by atoms with E-state index in [4.69, 9.17) is 10.2 Å². The summed E-state index contributed by atoms with van der Waals surface area (Å²) in [4.78, 5) is 10.4. The smallest absolute Gasteiger partial charge is 0.405 e. The van der Waals surface area contributed by atoms with Gasteiger partial charge in [0.25, 0.3) is 0 Å². The van der Waals surface area contributed by atoms with Crippen molar-refractivity contribution >= 4 is 6.09 Å². The van der Waals surface area contributed by atoms with E-state index in [0.717, 1.165) is 5.56 Å². The SMILES string of the molecule is Cc1ccc(F)c(C(CO)NC(=O)O)c1. The number of carboxylic acid groups (broad SMARTS) is 1. The van der Waals surface area contributed by atoms with Crippen LogP contribution >= 0.6 is 0 Å². The molecule has 1 aromatic carbocycles. The maximum atomic E-state index is 13.3. The standard InChI is InChI=1S/C10H12FNO3/c1-6-2-3-8(11)7(4-6)9(5-13)12-10(14)15/h2-4,9,12-13H,5H2,1H3,(H,14,15). The van der Waals surface area contributed by atoms with Gasteiger partial charge in [-0.1, -0.05) is 17.7 Å². The lowest BCUT2D eigenvalue weighted by Gasteiger charge is -2.15. The Morgan fingerprint density at radius 2 is 2.27 bits per heavy atom. The fourth-order valence-electron chi connectivity index (χ4n) is 1.30. The van der Waals surface area contributed by atoms with Gasteiger partial charge in [0, 0.05) is 5.56 Å². The molecule has 0 bridgehead atoms. The fraction of sp³-hybridized carbons (Fsp3) is 0.300. The number of hydrogen-bond acceptors (Lipinski definition) is 2. The number of amides is 1. The monoisotopic (exact) mass is 213 g/mol. The third kappa shape index (κ3) is 2.92. The molecule has 5 heteroatoms. The molecule has 0 saturated carbocycles. The van der Waals surface area contributed by atoms with E-state index in [0.29, 0.717) is 0 Å². The minimum atomic E-state index is -1.30. The number of carbonyl (C=O) groups is 1. The summed E-state index contributed by atoms with van der Waals surface area (Å²) >= 11 is 0. The molecule has 82 valence electrons. The van der Waals surface area contributed by atoms with E-state index in [9.17, 15) is 9.18 Å². The Kier molecular flexibility index (Phi) is 3.62. The molecule has 1 amide bonds. The summed E-state index contributed by atoms with van der Waals surface area (Å²) < 4.78 is 13.3. The summed E-state index contributed by atoms with van der Waals surface area (Å²) in [6, 6.07) is 3.40. The average molecular weight is 213 g/mol. The fourth-order valence-corrected chi connectivity index (χ4v) is 1.30. The maximum Gasteiger partial charge on any atom is 0.405 e. The molecule has 1 aromatic rings. The van der Waals surface area contributed by atoms with Crippen molar-refractivity contribution in [3.63, 3.8) is 0 Å². The largest absolute Gasteiger partial charge is 0.465 e. The Morgan fingerprint density at radius 3 is 2.80 bits per heavy atom. The molecule has 15 heavy (non-hydrogen) atoms. The normalized spacial score (nSPS) is 12.2. The highest BCUT2D eigenvalue weighted by Crippen LogP contribution is 2.18. The zero-order valence-electron chi connectivity index (χ0n) is 8.20. The minimum absolute atomic E-state index is 0.153. The predicted octanol–water partition coefficient (Wildman–Crippen LogP) is 1.44. The Balaban J connectivity index is 3.00. The van der Waals surface area contributed by atoms with Crippen molar-refractivity contribution < 1.29 is 19.4 Å². The van der Waals surface area contributed by atoms with Gasteiger partial charge in [0.15, 0.2) is 0 Å². The number of halogens is 1. The second-order valence-electron chi connectivity index (χ2n) is 3.21. The van der Waals surface area contributed by atoms with Crippen LogP contribution in [-0.2, 0) is 0 Å². The first-order chi connectivity index (χ1) is 7.04. The lowest BCUT2D eigenvalue weighted by molar-refractivity contribution is 0.177. The summed E-state index contributed by atoms with van der Waals surface area (Å²) in [5.41, 5.74) is 0.955. The van der Waals surface area contributed by atoms with Gasteiger partial charge in [-0.25, -0.2) is 9.18 Å². The number of hydrogen-bond donors (Lipinski definition) is 3. The van der Waals surface area contributed by atoms with Crippen molar-refractivity contribution in [2.45, 2.75) is 13.0 Å². The van der Waals surface area contributed by atoms with Crippen LogP contribution in [-0.4, -0.2) is 22.9 Å². The molecule has 0 saturated heterocycles. The maximum absolute atomic E-state index is 13.3. The molecule has 0 heterocycles. The molecule has 0 aliphatic heterocycles. The molecule has 1 unspecified atom stereocenters. The van der Waals surface area contributed by atoms with E-state index in [1.54, 1.807) is 13.0 Å². The van der Waals surface area contributed by atoms with Crippen LogP contribution in [0.3, 0.4) is 0 Å². The Bertz CT molecular complexity index is 368. The van der Waals surface area contributed by atoms with Gasteiger partial charge in [-0.3, -0.25) is 0 Å². The van der Waals surface area contributed by atoms with Gasteiger partial charge >= 0.3 is 6.09 Å². The minimum Gasteiger partial charge on any atom is -0.465 e. The first-order valence-electron chi connectivity index (χ1n) is 4.41. The number of nitrogens with one attached hydrogen (secondary N) is 1. The highest BCUT2D eigenvalue weighted by atomic mass is 19.1. The van der Waals surface area contributed by atoms with E-state index in [-0.39, 0.29) is 5.56 Å². The molecule has 0 aliphatic rings. The van der Waals surface area contributed by atoms with Crippen LogP contribution < -0.4 is 5.32 Å². The molecular formula is C10H12FNO3. The molecular weight excluding hydrogens is 201 g/mol. The topological polar surface area (TPSA) is 69.6 Å². The van der Waals surface area contributed by atoms with Crippen molar-refractivity contribution in [3.8, 4) is 0 Å². The summed E-state index contributed by atoms with van der Waals surface area (Å²) in [6.07, 6.45) is -1.30. The summed E-state index contributed by atoms with van der Waals surface area (Å²) in [6.45, 7) is 1.28. The molecule has 0 aromatic heterocycles. The van der Waals surface area contributed by atoms with E-state index in [1.807, 2.05) is 5.32 Å². The molecule has 4 nitrogen and oxygen atoms in total. The molecule has 3 N–H and O–H groups in total. The lowest BCUT2D eigenvalue weighted by Crippen LogP contribution is -2.29. The van der Waals surface area contributed by atoms with Crippen molar-refractivity contribution in [1.82, 2.24) is 5.32 Å². The van der Waals surface area contributed by atoms with E-state index < -0.39 is 24.6 Å². The molecule has 0 aliphatic carbocycles. The zero-order valence-corrected chi connectivity index (χ0v) is 8.20. The first kappa shape index (κ1) is 11.5.